The van der Waals surface area contributed by atoms with Crippen molar-refractivity contribution in [3.8, 4) is 0 Å². The van der Waals surface area contributed by atoms with Gasteiger partial charge in [0.1, 0.15) is 0 Å². The van der Waals surface area contributed by atoms with Crippen molar-refractivity contribution in [2.75, 3.05) is 25.5 Å². The highest BCUT2D eigenvalue weighted by atomic mass is 16.5. The Balaban J connectivity index is 1.53. The molecule has 0 spiro atoms. The van der Waals surface area contributed by atoms with Crippen LogP contribution in [0.2, 0.25) is 0 Å². The molecule has 2 amide bonds. The van der Waals surface area contributed by atoms with Crippen molar-refractivity contribution < 1.29 is 14.3 Å². The molecule has 1 aliphatic heterocycles. The van der Waals surface area contributed by atoms with Crippen LogP contribution in [0.3, 0.4) is 0 Å². The molecule has 0 radical (unpaired) electrons. The van der Waals surface area contributed by atoms with E-state index in [1.165, 1.54) is 7.11 Å². The van der Waals surface area contributed by atoms with Crippen molar-refractivity contribution in [1.29, 1.82) is 0 Å². The lowest BCUT2D eigenvalue weighted by atomic mass is 9.93. The first-order valence-electron chi connectivity index (χ1n) is 7.31. The van der Waals surface area contributed by atoms with E-state index >= 15 is 0 Å². The van der Waals surface area contributed by atoms with Crippen LogP contribution in [0.5, 0.6) is 0 Å². The molecule has 1 aromatic heterocycles. The van der Waals surface area contributed by atoms with E-state index in [1.807, 2.05) is 18.3 Å². The molecule has 2 heterocycles. The Morgan fingerprint density at radius 2 is 1.96 bits per heavy atom. The van der Waals surface area contributed by atoms with Crippen LogP contribution in [0.15, 0.2) is 48.8 Å². The van der Waals surface area contributed by atoms with E-state index in [-0.39, 0.29) is 6.03 Å². The Labute approximate surface area is 134 Å². The second-order valence-corrected chi connectivity index (χ2v) is 5.39. The topological polar surface area (TPSA) is 71.5 Å². The first-order chi connectivity index (χ1) is 11.2. The number of amides is 2. The number of nitrogens with zero attached hydrogens (tertiary/aromatic N) is 2. The van der Waals surface area contributed by atoms with E-state index in [1.54, 1.807) is 35.4 Å². The lowest BCUT2D eigenvalue weighted by molar-refractivity contribution is 0.0601. The number of pyridine rings is 1. The molecule has 0 saturated carbocycles. The van der Waals surface area contributed by atoms with Crippen molar-refractivity contribution in [2.45, 2.75) is 5.92 Å². The van der Waals surface area contributed by atoms with Gasteiger partial charge in [0.25, 0.3) is 0 Å². The summed E-state index contributed by atoms with van der Waals surface area (Å²) in [6, 6.07) is 10.4. The van der Waals surface area contributed by atoms with Crippen molar-refractivity contribution in [3.63, 3.8) is 0 Å². The van der Waals surface area contributed by atoms with E-state index < -0.39 is 5.97 Å². The van der Waals surface area contributed by atoms with Crippen LogP contribution < -0.4 is 5.32 Å². The number of urea groups is 1. The highest BCUT2D eigenvalue weighted by Gasteiger charge is 2.31. The van der Waals surface area contributed by atoms with Gasteiger partial charge in [-0.1, -0.05) is 6.07 Å². The molecule has 0 aliphatic carbocycles. The molecule has 6 heteroatoms. The molecule has 3 rings (SSSR count). The van der Waals surface area contributed by atoms with Gasteiger partial charge in [0.2, 0.25) is 0 Å². The maximum atomic E-state index is 12.2. The number of ether oxygens (including phenoxy) is 1. The molecule has 0 unspecified atom stereocenters. The molecule has 6 nitrogen and oxygen atoms in total. The number of anilines is 1. The van der Waals surface area contributed by atoms with Crippen molar-refractivity contribution in [2.24, 2.45) is 0 Å². The normalized spacial score (nSPS) is 14.0. The fourth-order valence-electron chi connectivity index (χ4n) is 2.48. The predicted molar refractivity (Wildman–Crippen MR) is 85.4 cm³/mol. The molecule has 1 fully saturated rings. The van der Waals surface area contributed by atoms with Crippen LogP contribution in [0.4, 0.5) is 10.5 Å². The van der Waals surface area contributed by atoms with Crippen LogP contribution >= 0.6 is 0 Å². The third-order valence-electron chi connectivity index (χ3n) is 3.88. The van der Waals surface area contributed by atoms with Crippen LogP contribution in [-0.2, 0) is 4.74 Å². The largest absolute Gasteiger partial charge is 0.465 e. The lowest BCUT2D eigenvalue weighted by Crippen LogP contribution is -2.50. The number of nitrogens with one attached hydrogen (secondary N) is 1. The van der Waals surface area contributed by atoms with Crippen molar-refractivity contribution in [1.82, 2.24) is 9.88 Å². The first kappa shape index (κ1) is 15.0. The van der Waals surface area contributed by atoms with Gasteiger partial charge in [-0.15, -0.1) is 0 Å². The molecule has 1 saturated heterocycles. The van der Waals surface area contributed by atoms with E-state index in [4.69, 9.17) is 0 Å². The van der Waals surface area contributed by atoms with Gasteiger partial charge in [-0.05, 0) is 35.9 Å². The quantitative estimate of drug-likeness (QED) is 0.884. The Morgan fingerprint density at radius 1 is 1.22 bits per heavy atom. The maximum Gasteiger partial charge on any atom is 0.337 e. The summed E-state index contributed by atoms with van der Waals surface area (Å²) in [5, 5.41) is 2.82. The maximum absolute atomic E-state index is 12.2. The number of carbonyl (C=O) groups is 2. The number of rotatable bonds is 3. The number of methoxy groups -OCH3 is 1. The van der Waals surface area contributed by atoms with Crippen LogP contribution in [0, 0.1) is 0 Å². The third kappa shape index (κ3) is 3.31. The Morgan fingerprint density at radius 3 is 2.57 bits per heavy atom. The molecule has 23 heavy (non-hydrogen) atoms. The minimum absolute atomic E-state index is 0.143. The van der Waals surface area contributed by atoms with Crippen LogP contribution in [0.25, 0.3) is 0 Å². The third-order valence-corrected chi connectivity index (χ3v) is 3.88. The second-order valence-electron chi connectivity index (χ2n) is 5.39. The van der Waals surface area contributed by atoms with Crippen LogP contribution in [-0.4, -0.2) is 42.1 Å². The summed E-state index contributed by atoms with van der Waals surface area (Å²) >= 11 is 0. The summed E-state index contributed by atoms with van der Waals surface area (Å²) in [5.41, 5.74) is 2.25. The zero-order chi connectivity index (χ0) is 16.2. The van der Waals surface area contributed by atoms with Gasteiger partial charge >= 0.3 is 12.0 Å². The van der Waals surface area contributed by atoms with Gasteiger partial charge < -0.3 is 15.0 Å². The summed E-state index contributed by atoms with van der Waals surface area (Å²) in [5.74, 6) is -0.0546. The number of aromatic nitrogens is 1. The highest BCUT2D eigenvalue weighted by Crippen LogP contribution is 2.26. The summed E-state index contributed by atoms with van der Waals surface area (Å²) in [6.45, 7) is 1.36. The molecule has 0 atom stereocenters. The molecule has 2 aromatic rings. The summed E-state index contributed by atoms with van der Waals surface area (Å²) < 4.78 is 4.64. The van der Waals surface area contributed by atoms with Gasteiger partial charge in [0.15, 0.2) is 0 Å². The number of likely N-dealkylation sites (tertiary alicyclic amines) is 1. The fraction of sp³-hybridized carbons (Fsp3) is 0.235. The number of hydrogen-bond donors (Lipinski definition) is 1. The van der Waals surface area contributed by atoms with Gasteiger partial charge in [-0.3, -0.25) is 4.98 Å². The molecular formula is C17H17N3O3. The minimum atomic E-state index is -0.398. The minimum Gasteiger partial charge on any atom is -0.465 e. The zero-order valence-corrected chi connectivity index (χ0v) is 12.7. The fourth-order valence-corrected chi connectivity index (χ4v) is 2.48. The van der Waals surface area contributed by atoms with Gasteiger partial charge in [0, 0.05) is 37.1 Å². The Kier molecular flexibility index (Phi) is 4.23. The molecule has 0 bridgehead atoms. The molecule has 118 valence electrons. The molecule has 1 aromatic carbocycles. The first-order valence-corrected chi connectivity index (χ1v) is 7.31. The number of esters is 1. The molecule has 1 N–H and O–H groups in total. The summed E-state index contributed by atoms with van der Waals surface area (Å²) in [4.78, 5) is 29.4. The standard InChI is InChI=1S/C17H17N3O3/c1-23-16(21)12-4-6-15(7-5-12)19-17(22)20-10-14(11-20)13-3-2-8-18-9-13/h2-9,14H,10-11H2,1H3,(H,19,22). The monoisotopic (exact) mass is 311 g/mol. The van der Waals surface area contributed by atoms with E-state index in [2.05, 4.69) is 15.0 Å². The van der Waals surface area contributed by atoms with Gasteiger partial charge in [0.05, 0.1) is 12.7 Å². The van der Waals surface area contributed by atoms with Gasteiger partial charge in [-0.2, -0.15) is 0 Å². The highest BCUT2D eigenvalue weighted by molar-refractivity contribution is 5.92. The summed E-state index contributed by atoms with van der Waals surface area (Å²) in [7, 11) is 1.33. The number of carbonyl (C=O) groups excluding carboxylic acids is 2. The van der Waals surface area contributed by atoms with Gasteiger partial charge in [-0.25, -0.2) is 9.59 Å². The number of hydrogen-bond acceptors (Lipinski definition) is 4. The van der Waals surface area contributed by atoms with E-state index in [0.29, 0.717) is 30.3 Å². The molecule has 1 aliphatic rings. The van der Waals surface area contributed by atoms with E-state index in [9.17, 15) is 9.59 Å². The van der Waals surface area contributed by atoms with Crippen molar-refractivity contribution in [3.05, 3.63) is 59.9 Å². The SMILES string of the molecule is COC(=O)c1ccc(NC(=O)N2CC(c3cccnc3)C2)cc1. The number of benzene rings is 1. The zero-order valence-electron chi connectivity index (χ0n) is 12.7. The van der Waals surface area contributed by atoms with E-state index in [0.717, 1.165) is 5.56 Å². The smallest absolute Gasteiger partial charge is 0.337 e. The Hall–Kier alpha value is -2.89. The van der Waals surface area contributed by atoms with Crippen LogP contribution in [0.1, 0.15) is 21.8 Å². The summed E-state index contributed by atoms with van der Waals surface area (Å²) in [6.07, 6.45) is 3.58. The average molecular weight is 311 g/mol. The Bertz CT molecular complexity index is 695. The molecular weight excluding hydrogens is 294 g/mol. The second kappa shape index (κ2) is 6.48. The average Bonchev–Trinajstić information content (AvgIpc) is 2.54. The lowest BCUT2D eigenvalue weighted by Gasteiger charge is -2.39. The van der Waals surface area contributed by atoms with Crippen molar-refractivity contribution >= 4 is 17.7 Å². The predicted octanol–water partition coefficient (Wildman–Crippen LogP) is 2.50.